The van der Waals surface area contributed by atoms with Crippen molar-refractivity contribution < 1.29 is 0 Å². The van der Waals surface area contributed by atoms with Crippen molar-refractivity contribution in [3.05, 3.63) is 99.8 Å². The summed E-state index contributed by atoms with van der Waals surface area (Å²) < 4.78 is 0. The van der Waals surface area contributed by atoms with Gasteiger partial charge in [0.1, 0.15) is 0 Å². The summed E-state index contributed by atoms with van der Waals surface area (Å²) in [4.78, 5) is 4.46. The van der Waals surface area contributed by atoms with Gasteiger partial charge in [0.2, 0.25) is 0 Å². The van der Waals surface area contributed by atoms with Gasteiger partial charge in [-0.25, -0.2) is 0 Å². The van der Waals surface area contributed by atoms with Gasteiger partial charge in [0.25, 0.3) is 0 Å². The molecule has 0 aliphatic heterocycles. The van der Waals surface area contributed by atoms with Gasteiger partial charge < -0.3 is 11.1 Å². The second-order valence-corrected chi connectivity index (χ2v) is 10.2. The Morgan fingerprint density at radius 2 is 1.74 bits per heavy atom. The maximum absolute atomic E-state index is 5.56. The molecule has 0 amide bonds. The number of allylic oxidation sites excluding steroid dienone is 9. The minimum atomic E-state index is 0.151. The molecule has 1 unspecified atom stereocenters. The van der Waals surface area contributed by atoms with Gasteiger partial charge >= 0.3 is 0 Å². The number of hydrogen-bond acceptors (Lipinski definition) is 2. The highest BCUT2D eigenvalue weighted by atomic mass is 14.9. The number of anilines is 1. The molecule has 3 nitrogen and oxygen atoms in total. The van der Waals surface area contributed by atoms with Crippen molar-refractivity contribution in [1.29, 1.82) is 0 Å². The fraction of sp³-hybridized carbons (Fsp3) is 0.387. The summed E-state index contributed by atoms with van der Waals surface area (Å²) in [5.74, 6) is 0. The molecule has 0 saturated carbocycles. The van der Waals surface area contributed by atoms with Crippen LogP contribution in [0.25, 0.3) is 0 Å². The van der Waals surface area contributed by atoms with Gasteiger partial charge in [-0.1, -0.05) is 62.4 Å². The van der Waals surface area contributed by atoms with Crippen molar-refractivity contribution >= 4 is 12.0 Å². The predicted molar refractivity (Wildman–Crippen MR) is 151 cm³/mol. The van der Waals surface area contributed by atoms with Gasteiger partial charge in [-0.3, -0.25) is 4.99 Å². The number of nitrogens with zero attached hydrogens (tertiary/aromatic N) is 1. The predicted octanol–water partition coefficient (Wildman–Crippen LogP) is 8.03. The lowest BCUT2D eigenvalue weighted by Gasteiger charge is -2.36. The van der Waals surface area contributed by atoms with Crippen molar-refractivity contribution in [3.8, 4) is 0 Å². The van der Waals surface area contributed by atoms with Gasteiger partial charge in [-0.05, 0) is 105 Å². The smallest absolute Gasteiger partial charge is 0.0805 e. The van der Waals surface area contributed by atoms with E-state index in [2.05, 4.69) is 121 Å². The number of hydrogen-bond donors (Lipinski definition) is 2. The quantitative estimate of drug-likeness (QED) is 0.236. The standard InChI is InChI=1S/C31H43N3/c1-21(13-14-28-27(7)29(33-20-32)15-16-31(28,8)9)11-10-12-22(2)17-26(6)34-30-19-24(4)23(3)18-25(30)5/h10-14,17-20,29,34H,6,15-16H2,1-5,7-9H3,(H2,32,33)/b12-10+,14-13+,21-11+,22-17+. The molecule has 2 rings (SSSR count). The normalized spacial score (nSPS) is 19.6. The molecule has 0 aromatic heterocycles. The Morgan fingerprint density at radius 3 is 2.41 bits per heavy atom. The number of benzene rings is 1. The van der Waals surface area contributed by atoms with Crippen molar-refractivity contribution in [2.75, 3.05) is 5.32 Å². The lowest BCUT2D eigenvalue weighted by atomic mass is 9.71. The lowest BCUT2D eigenvalue weighted by molar-refractivity contribution is 0.360. The Bertz CT molecular complexity index is 1090. The summed E-state index contributed by atoms with van der Waals surface area (Å²) in [5, 5.41) is 3.44. The molecule has 3 N–H and O–H groups in total. The van der Waals surface area contributed by atoms with E-state index in [1.165, 1.54) is 39.7 Å². The second kappa shape index (κ2) is 11.9. The van der Waals surface area contributed by atoms with Crippen LogP contribution in [-0.2, 0) is 0 Å². The molecule has 182 valence electrons. The van der Waals surface area contributed by atoms with Crippen LogP contribution in [0.1, 0.15) is 64.2 Å². The Labute approximate surface area is 207 Å². The van der Waals surface area contributed by atoms with Crippen molar-refractivity contribution in [2.45, 2.75) is 74.3 Å². The van der Waals surface area contributed by atoms with E-state index in [1.807, 2.05) is 0 Å². The van der Waals surface area contributed by atoms with Crippen LogP contribution in [0.4, 0.5) is 5.69 Å². The molecule has 0 spiro atoms. The molecular formula is C31H43N3. The number of nitrogens with two attached hydrogens (primary N) is 1. The van der Waals surface area contributed by atoms with Crippen LogP contribution >= 0.6 is 0 Å². The molecule has 3 heteroatoms. The van der Waals surface area contributed by atoms with Crippen LogP contribution < -0.4 is 11.1 Å². The first-order valence-corrected chi connectivity index (χ1v) is 12.1. The highest BCUT2D eigenvalue weighted by Gasteiger charge is 2.31. The zero-order chi connectivity index (χ0) is 25.5. The lowest BCUT2D eigenvalue weighted by Crippen LogP contribution is -2.26. The van der Waals surface area contributed by atoms with Crippen molar-refractivity contribution in [1.82, 2.24) is 0 Å². The topological polar surface area (TPSA) is 50.4 Å². The molecular weight excluding hydrogens is 414 g/mol. The maximum Gasteiger partial charge on any atom is 0.0805 e. The number of aryl methyl sites for hydroxylation is 3. The molecule has 1 aromatic carbocycles. The average molecular weight is 458 g/mol. The third-order valence-corrected chi connectivity index (χ3v) is 6.73. The molecule has 0 bridgehead atoms. The minimum Gasteiger partial charge on any atom is -0.390 e. The molecule has 1 aliphatic rings. The van der Waals surface area contributed by atoms with Crippen LogP contribution in [0.3, 0.4) is 0 Å². The van der Waals surface area contributed by atoms with Crippen LogP contribution in [0.2, 0.25) is 0 Å². The second-order valence-electron chi connectivity index (χ2n) is 10.2. The molecule has 0 radical (unpaired) electrons. The van der Waals surface area contributed by atoms with Crippen LogP contribution in [0, 0.1) is 26.2 Å². The van der Waals surface area contributed by atoms with E-state index in [0.29, 0.717) is 0 Å². The zero-order valence-electron chi connectivity index (χ0n) is 22.4. The third-order valence-electron chi connectivity index (χ3n) is 6.73. The van der Waals surface area contributed by atoms with Gasteiger partial charge in [-0.2, -0.15) is 0 Å². The zero-order valence-corrected chi connectivity index (χ0v) is 22.4. The Morgan fingerprint density at radius 1 is 1.06 bits per heavy atom. The summed E-state index contributed by atoms with van der Waals surface area (Å²) in [6.07, 6.45) is 16.5. The van der Waals surface area contributed by atoms with Gasteiger partial charge in [0.05, 0.1) is 12.4 Å². The first-order valence-electron chi connectivity index (χ1n) is 12.1. The fourth-order valence-corrected chi connectivity index (χ4v) is 4.46. The molecule has 0 heterocycles. The van der Waals surface area contributed by atoms with Crippen LogP contribution in [-0.4, -0.2) is 12.4 Å². The summed E-state index contributed by atoms with van der Waals surface area (Å²) in [6, 6.07) is 4.59. The largest absolute Gasteiger partial charge is 0.390 e. The monoisotopic (exact) mass is 457 g/mol. The average Bonchev–Trinajstić information content (AvgIpc) is 2.73. The van der Waals surface area contributed by atoms with E-state index >= 15 is 0 Å². The Hall–Kier alpha value is -3.07. The Balaban J connectivity index is 2.07. The minimum absolute atomic E-state index is 0.151. The van der Waals surface area contributed by atoms with E-state index in [4.69, 9.17) is 5.73 Å². The molecule has 1 aromatic rings. The van der Waals surface area contributed by atoms with Gasteiger partial charge in [0, 0.05) is 11.4 Å². The van der Waals surface area contributed by atoms with E-state index in [9.17, 15) is 0 Å². The summed E-state index contributed by atoms with van der Waals surface area (Å²) in [7, 11) is 0. The van der Waals surface area contributed by atoms with Crippen molar-refractivity contribution in [3.63, 3.8) is 0 Å². The third kappa shape index (κ3) is 7.48. The van der Waals surface area contributed by atoms with Gasteiger partial charge in [0.15, 0.2) is 0 Å². The van der Waals surface area contributed by atoms with Crippen LogP contribution in [0.15, 0.2) is 88.1 Å². The SMILES string of the molecule is C=C(/C=C(C)/C=C/C=C(C)/C=C/C1=C(C)C(N=CN)CCC1(C)C)Nc1cc(C)c(C)cc1C. The van der Waals surface area contributed by atoms with E-state index in [0.717, 1.165) is 29.8 Å². The fourth-order valence-electron chi connectivity index (χ4n) is 4.46. The number of aliphatic imine (C=N–C) groups is 1. The summed E-state index contributed by atoms with van der Waals surface area (Å²) in [6.45, 7) is 21.6. The molecule has 1 aliphatic carbocycles. The van der Waals surface area contributed by atoms with E-state index < -0.39 is 0 Å². The number of nitrogens with one attached hydrogen (secondary N) is 1. The summed E-state index contributed by atoms with van der Waals surface area (Å²) in [5.41, 5.74) is 16.5. The van der Waals surface area contributed by atoms with E-state index in [-0.39, 0.29) is 11.5 Å². The van der Waals surface area contributed by atoms with Crippen LogP contribution in [0.5, 0.6) is 0 Å². The highest BCUT2D eigenvalue weighted by Crippen LogP contribution is 2.42. The first kappa shape index (κ1) is 27.2. The Kier molecular flexibility index (Phi) is 9.49. The molecule has 34 heavy (non-hydrogen) atoms. The van der Waals surface area contributed by atoms with Crippen molar-refractivity contribution in [2.24, 2.45) is 16.1 Å². The highest BCUT2D eigenvalue weighted by molar-refractivity contribution is 5.59. The molecule has 0 fully saturated rings. The van der Waals surface area contributed by atoms with E-state index in [1.54, 1.807) is 0 Å². The first-order chi connectivity index (χ1) is 15.9. The molecule has 1 atom stereocenters. The number of rotatable bonds is 8. The summed E-state index contributed by atoms with van der Waals surface area (Å²) >= 11 is 0. The van der Waals surface area contributed by atoms with Gasteiger partial charge in [-0.15, -0.1) is 0 Å². The maximum atomic E-state index is 5.56. The molecule has 0 saturated heterocycles.